The van der Waals surface area contributed by atoms with Crippen molar-refractivity contribution in [3.63, 3.8) is 0 Å². The average Bonchev–Trinajstić information content (AvgIpc) is 3.10. The quantitative estimate of drug-likeness (QED) is 0.500. The van der Waals surface area contributed by atoms with E-state index in [1.165, 1.54) is 24.3 Å². The molecule has 1 fully saturated rings. The van der Waals surface area contributed by atoms with Gasteiger partial charge in [0.25, 0.3) is 0 Å². The Hall–Kier alpha value is -3.16. The smallest absolute Gasteiger partial charge is 0.203 e. The zero-order valence-electron chi connectivity index (χ0n) is 20.5. The SMILES string of the molecule is COc1ccc(CN2CCN(C(C3=CC=C(F)C=CC3)c3ccc(F)cc3)CC2)c(OC)c1OC. The first kappa shape index (κ1) is 24.9. The van der Waals surface area contributed by atoms with Crippen molar-refractivity contribution in [1.82, 2.24) is 9.80 Å². The van der Waals surface area contributed by atoms with Crippen molar-refractivity contribution < 1.29 is 23.0 Å². The number of hydrogen-bond donors (Lipinski definition) is 0. The maximum absolute atomic E-state index is 13.8. The Morgan fingerprint density at radius 3 is 2.20 bits per heavy atom. The van der Waals surface area contributed by atoms with Gasteiger partial charge in [-0.2, -0.15) is 0 Å². The Bertz CT molecular complexity index is 1100. The first-order valence-corrected chi connectivity index (χ1v) is 11.8. The summed E-state index contributed by atoms with van der Waals surface area (Å²) in [5.74, 6) is 1.39. The normalized spacial score (nSPS) is 17.9. The molecule has 35 heavy (non-hydrogen) atoms. The van der Waals surface area contributed by atoms with Gasteiger partial charge >= 0.3 is 0 Å². The van der Waals surface area contributed by atoms with Crippen LogP contribution in [0.3, 0.4) is 0 Å². The number of hydrogen-bond acceptors (Lipinski definition) is 5. The summed E-state index contributed by atoms with van der Waals surface area (Å²) in [5, 5.41) is 0. The molecule has 0 aromatic heterocycles. The van der Waals surface area contributed by atoms with E-state index in [4.69, 9.17) is 14.2 Å². The van der Waals surface area contributed by atoms with Crippen LogP contribution in [0.15, 0.2) is 72.1 Å². The average molecular weight is 483 g/mol. The maximum Gasteiger partial charge on any atom is 0.203 e. The maximum atomic E-state index is 13.8. The van der Waals surface area contributed by atoms with Gasteiger partial charge in [-0.1, -0.05) is 30.4 Å². The van der Waals surface area contributed by atoms with E-state index >= 15 is 0 Å². The third-order valence-corrected chi connectivity index (χ3v) is 6.58. The molecular weight excluding hydrogens is 450 g/mol. The zero-order valence-corrected chi connectivity index (χ0v) is 20.5. The Morgan fingerprint density at radius 2 is 1.54 bits per heavy atom. The highest BCUT2D eigenvalue weighted by Gasteiger charge is 2.28. The van der Waals surface area contributed by atoms with E-state index < -0.39 is 0 Å². The number of nitrogens with zero attached hydrogens (tertiary/aromatic N) is 2. The molecule has 2 aliphatic rings. The molecule has 5 nitrogen and oxygen atoms in total. The summed E-state index contributed by atoms with van der Waals surface area (Å²) in [6, 6.07) is 10.5. The van der Waals surface area contributed by atoms with E-state index in [-0.39, 0.29) is 17.7 Å². The number of benzene rings is 2. The van der Waals surface area contributed by atoms with Crippen LogP contribution in [0.2, 0.25) is 0 Å². The molecule has 4 rings (SSSR count). The summed E-state index contributed by atoms with van der Waals surface area (Å²) >= 11 is 0. The van der Waals surface area contributed by atoms with E-state index in [2.05, 4.69) is 9.80 Å². The highest BCUT2D eigenvalue weighted by molar-refractivity contribution is 5.55. The van der Waals surface area contributed by atoms with Crippen molar-refractivity contribution in [3.8, 4) is 17.2 Å². The van der Waals surface area contributed by atoms with Crippen LogP contribution >= 0.6 is 0 Å². The first-order valence-electron chi connectivity index (χ1n) is 11.8. The summed E-state index contributed by atoms with van der Waals surface area (Å²) in [6.07, 6.45) is 7.37. The summed E-state index contributed by atoms with van der Waals surface area (Å²) in [5.41, 5.74) is 3.14. The van der Waals surface area contributed by atoms with E-state index in [9.17, 15) is 8.78 Å². The minimum absolute atomic E-state index is 0.0415. The van der Waals surface area contributed by atoms with Crippen LogP contribution in [0.5, 0.6) is 17.2 Å². The monoisotopic (exact) mass is 482 g/mol. The van der Waals surface area contributed by atoms with E-state index in [0.717, 1.165) is 49.4 Å². The third-order valence-electron chi connectivity index (χ3n) is 6.58. The Kier molecular flexibility index (Phi) is 8.21. The molecule has 7 heteroatoms. The van der Waals surface area contributed by atoms with Gasteiger partial charge < -0.3 is 14.2 Å². The van der Waals surface area contributed by atoms with E-state index in [1.807, 2.05) is 36.4 Å². The van der Waals surface area contributed by atoms with Gasteiger partial charge in [-0.15, -0.1) is 0 Å². The Morgan fingerprint density at radius 1 is 0.829 bits per heavy atom. The molecule has 1 aliphatic heterocycles. The second-order valence-corrected chi connectivity index (χ2v) is 8.66. The molecule has 1 heterocycles. The number of allylic oxidation sites excluding steroid dienone is 5. The molecule has 0 radical (unpaired) electrons. The number of piperazine rings is 1. The highest BCUT2D eigenvalue weighted by atomic mass is 19.1. The minimum atomic E-state index is -0.262. The molecular formula is C28H32F2N2O3. The predicted molar refractivity (Wildman–Crippen MR) is 133 cm³/mol. The van der Waals surface area contributed by atoms with Crippen LogP contribution in [0.25, 0.3) is 0 Å². The summed E-state index contributed by atoms with van der Waals surface area (Å²) in [6.45, 7) is 4.07. The molecule has 1 aliphatic carbocycles. The van der Waals surface area contributed by atoms with E-state index in [1.54, 1.807) is 21.3 Å². The molecule has 0 spiro atoms. The summed E-state index contributed by atoms with van der Waals surface area (Å²) < 4.78 is 44.1. The lowest BCUT2D eigenvalue weighted by atomic mass is 9.93. The van der Waals surface area contributed by atoms with Crippen molar-refractivity contribution in [3.05, 3.63) is 89.0 Å². The van der Waals surface area contributed by atoms with Gasteiger partial charge in [-0.3, -0.25) is 9.80 Å². The zero-order chi connectivity index (χ0) is 24.8. The predicted octanol–water partition coefficient (Wildman–Crippen LogP) is 5.45. The molecule has 2 aromatic carbocycles. The molecule has 1 unspecified atom stereocenters. The molecule has 186 valence electrons. The Balaban J connectivity index is 1.51. The largest absolute Gasteiger partial charge is 0.493 e. The van der Waals surface area contributed by atoms with Gasteiger partial charge in [0.05, 0.1) is 27.4 Å². The lowest BCUT2D eigenvalue weighted by Crippen LogP contribution is -2.47. The van der Waals surface area contributed by atoms with Gasteiger partial charge in [-0.05, 0) is 47.9 Å². The lowest BCUT2D eigenvalue weighted by Gasteiger charge is -2.40. The summed E-state index contributed by atoms with van der Waals surface area (Å²) in [7, 11) is 4.85. The topological polar surface area (TPSA) is 34.2 Å². The summed E-state index contributed by atoms with van der Waals surface area (Å²) in [4.78, 5) is 4.77. The number of halogens is 2. The minimum Gasteiger partial charge on any atom is -0.493 e. The van der Waals surface area contributed by atoms with Crippen LogP contribution in [0.1, 0.15) is 23.6 Å². The first-order chi connectivity index (χ1) is 17.0. The standard InChI is InChI=1S/C28H32F2N2O3/c1-33-25-14-10-22(27(34-2)28(25)35-3)19-31-15-17-32(18-16-31)26(21-8-12-24(30)13-9-21)20-5-4-6-23(29)11-7-20/h4,6-14,26H,5,15-19H2,1-3H3. The van der Waals surface area contributed by atoms with E-state index in [0.29, 0.717) is 23.7 Å². The number of rotatable bonds is 8. The molecule has 0 bridgehead atoms. The fraction of sp³-hybridized carbons (Fsp3) is 0.357. The van der Waals surface area contributed by atoms with Crippen LogP contribution in [-0.2, 0) is 6.54 Å². The lowest BCUT2D eigenvalue weighted by molar-refractivity contribution is 0.102. The van der Waals surface area contributed by atoms with Crippen molar-refractivity contribution in [2.24, 2.45) is 0 Å². The second kappa shape index (κ2) is 11.5. The van der Waals surface area contributed by atoms with Gasteiger partial charge in [0.2, 0.25) is 5.75 Å². The third kappa shape index (κ3) is 5.74. The van der Waals surface area contributed by atoms with Gasteiger partial charge in [-0.25, -0.2) is 8.78 Å². The Labute approximate surface area is 205 Å². The van der Waals surface area contributed by atoms with Crippen LogP contribution in [-0.4, -0.2) is 57.3 Å². The van der Waals surface area contributed by atoms with Crippen LogP contribution < -0.4 is 14.2 Å². The fourth-order valence-corrected chi connectivity index (χ4v) is 4.83. The van der Waals surface area contributed by atoms with Crippen molar-refractivity contribution in [1.29, 1.82) is 0 Å². The van der Waals surface area contributed by atoms with Crippen LogP contribution in [0, 0.1) is 5.82 Å². The number of methoxy groups -OCH3 is 3. The van der Waals surface area contributed by atoms with Gasteiger partial charge in [0.1, 0.15) is 11.6 Å². The van der Waals surface area contributed by atoms with Gasteiger partial charge in [0.15, 0.2) is 11.5 Å². The van der Waals surface area contributed by atoms with Gasteiger partial charge in [0, 0.05) is 38.3 Å². The molecule has 0 saturated carbocycles. The van der Waals surface area contributed by atoms with Crippen LogP contribution in [0.4, 0.5) is 8.78 Å². The molecule has 0 N–H and O–H groups in total. The van der Waals surface area contributed by atoms with Crippen molar-refractivity contribution >= 4 is 0 Å². The molecule has 1 atom stereocenters. The number of ether oxygens (including phenoxy) is 3. The molecule has 1 saturated heterocycles. The second-order valence-electron chi connectivity index (χ2n) is 8.66. The van der Waals surface area contributed by atoms with Crippen molar-refractivity contribution in [2.45, 2.75) is 19.0 Å². The molecule has 0 amide bonds. The highest BCUT2D eigenvalue weighted by Crippen LogP contribution is 2.40. The fourth-order valence-electron chi connectivity index (χ4n) is 4.83. The molecule has 2 aromatic rings. The van der Waals surface area contributed by atoms with Crippen molar-refractivity contribution in [2.75, 3.05) is 47.5 Å².